The van der Waals surface area contributed by atoms with E-state index in [0.717, 1.165) is 0 Å². The molecule has 0 aliphatic heterocycles. The lowest BCUT2D eigenvalue weighted by atomic mass is 10.2. The lowest BCUT2D eigenvalue weighted by molar-refractivity contribution is -0.142. The molecule has 1 N–H and O–H groups in total. The highest BCUT2D eigenvalue weighted by Crippen LogP contribution is 2.23. The maximum Gasteiger partial charge on any atom is 0.303 e. The molecule has 0 unspecified atom stereocenters. The molecule has 3 rings (SSSR count). The number of pyridine rings is 1. The molecule has 2 aromatic carbocycles. The van der Waals surface area contributed by atoms with Gasteiger partial charge in [0.15, 0.2) is 0 Å². The summed E-state index contributed by atoms with van der Waals surface area (Å²) in [6.07, 6.45) is 1.42. The van der Waals surface area contributed by atoms with Crippen LogP contribution in [0, 0.1) is 5.82 Å². The molecule has 7 heteroatoms. The number of rotatable bonds is 6. The van der Waals surface area contributed by atoms with Gasteiger partial charge < -0.3 is 14.8 Å². The number of ether oxygens (including phenoxy) is 2. The van der Waals surface area contributed by atoms with Crippen LogP contribution in [0.5, 0.6) is 11.5 Å². The molecule has 0 aliphatic rings. The molecule has 1 heterocycles. The molecular weight excluding hydrogens is 363 g/mol. The van der Waals surface area contributed by atoms with Crippen molar-refractivity contribution in [3.05, 3.63) is 83.9 Å². The van der Waals surface area contributed by atoms with Crippen molar-refractivity contribution in [1.82, 2.24) is 4.98 Å². The first-order valence-electron chi connectivity index (χ1n) is 8.43. The lowest BCUT2D eigenvalue weighted by Crippen LogP contribution is -2.12. The second kappa shape index (κ2) is 8.77. The molecule has 0 atom stereocenters. The van der Waals surface area contributed by atoms with E-state index in [-0.39, 0.29) is 18.3 Å². The predicted octanol–water partition coefficient (Wildman–Crippen LogP) is 4.33. The first-order chi connectivity index (χ1) is 13.5. The SMILES string of the molecule is CC(=O)OCc1ccc(C(=O)Nc2ccc(Oc3ccc(F)cc3)cc2)cn1. The van der Waals surface area contributed by atoms with E-state index >= 15 is 0 Å². The van der Waals surface area contributed by atoms with Gasteiger partial charge in [0.05, 0.1) is 11.3 Å². The van der Waals surface area contributed by atoms with Gasteiger partial charge in [-0.15, -0.1) is 0 Å². The minimum atomic E-state index is -0.393. The third kappa shape index (κ3) is 5.38. The van der Waals surface area contributed by atoms with E-state index in [2.05, 4.69) is 10.3 Å². The number of benzene rings is 2. The summed E-state index contributed by atoms with van der Waals surface area (Å²) in [5.74, 6) is 0.0210. The van der Waals surface area contributed by atoms with E-state index in [9.17, 15) is 14.0 Å². The van der Waals surface area contributed by atoms with E-state index in [1.54, 1.807) is 36.4 Å². The fourth-order valence-corrected chi connectivity index (χ4v) is 2.27. The van der Waals surface area contributed by atoms with Crippen molar-refractivity contribution < 1.29 is 23.5 Å². The molecule has 28 heavy (non-hydrogen) atoms. The van der Waals surface area contributed by atoms with Crippen LogP contribution in [-0.4, -0.2) is 16.9 Å². The highest BCUT2D eigenvalue weighted by molar-refractivity contribution is 6.04. The zero-order valence-corrected chi connectivity index (χ0v) is 15.0. The van der Waals surface area contributed by atoms with Gasteiger partial charge in [-0.25, -0.2) is 4.39 Å². The number of esters is 1. The van der Waals surface area contributed by atoms with Crippen LogP contribution in [0.4, 0.5) is 10.1 Å². The number of aromatic nitrogens is 1. The zero-order valence-electron chi connectivity index (χ0n) is 15.0. The summed E-state index contributed by atoms with van der Waals surface area (Å²) in [6, 6.07) is 15.7. The van der Waals surface area contributed by atoms with Crippen LogP contribution in [0.25, 0.3) is 0 Å². The number of hydrogen-bond donors (Lipinski definition) is 1. The maximum absolute atomic E-state index is 12.9. The van der Waals surface area contributed by atoms with Crippen molar-refractivity contribution in [2.24, 2.45) is 0 Å². The number of amides is 1. The average Bonchev–Trinajstić information content (AvgIpc) is 2.70. The van der Waals surface area contributed by atoms with Gasteiger partial charge in [0, 0.05) is 18.8 Å². The summed E-state index contributed by atoms with van der Waals surface area (Å²) in [6.45, 7) is 1.38. The van der Waals surface area contributed by atoms with E-state index in [1.807, 2.05) is 0 Å². The van der Waals surface area contributed by atoms with Crippen molar-refractivity contribution in [1.29, 1.82) is 0 Å². The van der Waals surface area contributed by atoms with Crippen LogP contribution in [0.1, 0.15) is 23.0 Å². The summed E-state index contributed by atoms with van der Waals surface area (Å²) >= 11 is 0. The number of nitrogens with one attached hydrogen (secondary N) is 1. The van der Waals surface area contributed by atoms with Crippen LogP contribution in [0.2, 0.25) is 0 Å². The van der Waals surface area contributed by atoms with Crippen LogP contribution in [0.3, 0.4) is 0 Å². The normalized spacial score (nSPS) is 10.2. The summed E-state index contributed by atoms with van der Waals surface area (Å²) in [7, 11) is 0. The number of nitrogens with zero attached hydrogens (tertiary/aromatic N) is 1. The zero-order chi connectivity index (χ0) is 19.9. The standard InChI is InChI=1S/C21H17FN2O4/c1-14(25)27-13-18-5-2-15(12-23-18)21(26)24-17-6-10-20(11-7-17)28-19-8-3-16(22)4-9-19/h2-12H,13H2,1H3,(H,24,26). The Labute approximate surface area is 160 Å². The van der Waals surface area contributed by atoms with Crippen molar-refractivity contribution in [3.63, 3.8) is 0 Å². The van der Waals surface area contributed by atoms with Gasteiger partial charge in [-0.05, 0) is 60.7 Å². The van der Waals surface area contributed by atoms with Gasteiger partial charge in [0.2, 0.25) is 0 Å². The second-order valence-electron chi connectivity index (χ2n) is 5.85. The van der Waals surface area contributed by atoms with E-state index in [1.165, 1.54) is 37.4 Å². The molecule has 0 saturated heterocycles. The molecule has 1 amide bonds. The van der Waals surface area contributed by atoms with Crippen LogP contribution >= 0.6 is 0 Å². The molecule has 0 fully saturated rings. The quantitative estimate of drug-likeness (QED) is 0.644. The first-order valence-corrected chi connectivity index (χ1v) is 8.43. The highest BCUT2D eigenvalue weighted by Gasteiger charge is 2.08. The number of anilines is 1. The Balaban J connectivity index is 1.58. The second-order valence-corrected chi connectivity index (χ2v) is 5.85. The number of halogens is 1. The van der Waals surface area contributed by atoms with Gasteiger partial charge in [-0.1, -0.05) is 0 Å². The minimum Gasteiger partial charge on any atom is -0.459 e. The summed E-state index contributed by atoms with van der Waals surface area (Å²) in [5.41, 5.74) is 1.51. The summed E-state index contributed by atoms with van der Waals surface area (Å²) < 4.78 is 23.4. The molecule has 1 aromatic heterocycles. The smallest absolute Gasteiger partial charge is 0.303 e. The third-order valence-corrected chi connectivity index (χ3v) is 3.67. The molecular formula is C21H17FN2O4. The molecule has 0 saturated carbocycles. The average molecular weight is 380 g/mol. The van der Waals surface area contributed by atoms with E-state index in [4.69, 9.17) is 9.47 Å². The van der Waals surface area contributed by atoms with E-state index < -0.39 is 5.97 Å². The topological polar surface area (TPSA) is 77.5 Å². The Morgan fingerprint density at radius 2 is 1.61 bits per heavy atom. The largest absolute Gasteiger partial charge is 0.459 e. The fraction of sp³-hybridized carbons (Fsp3) is 0.0952. The van der Waals surface area contributed by atoms with Crippen LogP contribution < -0.4 is 10.1 Å². The minimum absolute atomic E-state index is 0.0623. The van der Waals surface area contributed by atoms with Crippen molar-refractivity contribution in [2.75, 3.05) is 5.32 Å². The van der Waals surface area contributed by atoms with Gasteiger partial charge in [-0.3, -0.25) is 14.6 Å². The predicted molar refractivity (Wildman–Crippen MR) is 101 cm³/mol. The Morgan fingerprint density at radius 1 is 0.964 bits per heavy atom. The molecule has 0 aliphatic carbocycles. The van der Waals surface area contributed by atoms with Crippen LogP contribution in [-0.2, 0) is 16.1 Å². The lowest BCUT2D eigenvalue weighted by Gasteiger charge is -2.08. The summed E-state index contributed by atoms with van der Waals surface area (Å²) in [5, 5.41) is 2.76. The third-order valence-electron chi connectivity index (χ3n) is 3.67. The van der Waals surface area contributed by atoms with Crippen molar-refractivity contribution in [2.45, 2.75) is 13.5 Å². The Hall–Kier alpha value is -3.74. The Bertz CT molecular complexity index is 955. The van der Waals surface area contributed by atoms with E-state index in [0.29, 0.717) is 28.4 Å². The fourth-order valence-electron chi connectivity index (χ4n) is 2.27. The van der Waals surface area contributed by atoms with Crippen molar-refractivity contribution in [3.8, 4) is 11.5 Å². The Kier molecular flexibility index (Phi) is 5.96. The van der Waals surface area contributed by atoms with Gasteiger partial charge in [-0.2, -0.15) is 0 Å². The summed E-state index contributed by atoms with van der Waals surface area (Å²) in [4.78, 5) is 27.2. The van der Waals surface area contributed by atoms with Crippen LogP contribution in [0.15, 0.2) is 66.9 Å². The molecule has 0 radical (unpaired) electrons. The first kappa shape index (κ1) is 19.0. The number of carbonyl (C=O) groups excluding carboxylic acids is 2. The van der Waals surface area contributed by atoms with Gasteiger partial charge >= 0.3 is 5.97 Å². The molecule has 0 bridgehead atoms. The maximum atomic E-state index is 12.9. The number of carbonyl (C=O) groups is 2. The van der Waals surface area contributed by atoms with Gasteiger partial charge in [0.1, 0.15) is 23.9 Å². The van der Waals surface area contributed by atoms with Gasteiger partial charge in [0.25, 0.3) is 5.91 Å². The molecule has 6 nitrogen and oxygen atoms in total. The Morgan fingerprint density at radius 3 is 2.18 bits per heavy atom. The van der Waals surface area contributed by atoms with Crippen molar-refractivity contribution >= 4 is 17.6 Å². The number of hydrogen-bond acceptors (Lipinski definition) is 5. The molecule has 142 valence electrons. The monoisotopic (exact) mass is 380 g/mol. The molecule has 3 aromatic rings. The molecule has 0 spiro atoms. The highest BCUT2D eigenvalue weighted by atomic mass is 19.1.